The van der Waals surface area contributed by atoms with Gasteiger partial charge in [0.2, 0.25) is 5.82 Å². The third kappa shape index (κ3) is 3.09. The second-order valence-corrected chi connectivity index (χ2v) is 5.70. The summed E-state index contributed by atoms with van der Waals surface area (Å²) in [6.07, 6.45) is 0. The highest BCUT2D eigenvalue weighted by molar-refractivity contribution is 5.95. The van der Waals surface area contributed by atoms with Crippen LogP contribution in [-0.4, -0.2) is 37.0 Å². The topological polar surface area (TPSA) is 23.6 Å². The maximum Gasteiger partial charge on any atom is 0.260 e. The predicted molar refractivity (Wildman–Crippen MR) is 80.7 cm³/mol. The monoisotopic (exact) mass is 374 g/mol. The zero-order valence-electron chi connectivity index (χ0n) is 13.2. The highest BCUT2D eigenvalue weighted by Crippen LogP contribution is 2.25. The molecule has 2 aromatic carbocycles. The fourth-order valence-corrected chi connectivity index (χ4v) is 2.77. The molecular formula is C17H12F6N2O. The van der Waals surface area contributed by atoms with Gasteiger partial charge in [0, 0.05) is 31.9 Å². The van der Waals surface area contributed by atoms with E-state index >= 15 is 0 Å². The van der Waals surface area contributed by atoms with E-state index in [1.807, 2.05) is 4.90 Å². The number of nitrogens with zero attached hydrogens (tertiary/aromatic N) is 2. The molecule has 0 atom stereocenters. The number of halogens is 6. The van der Waals surface area contributed by atoms with Crippen LogP contribution in [0.1, 0.15) is 10.4 Å². The molecule has 3 nitrogen and oxygen atoms in total. The molecule has 0 spiro atoms. The Morgan fingerprint density at radius 1 is 0.692 bits per heavy atom. The number of carbonyl (C=O) groups is 1. The Labute approximate surface area is 144 Å². The summed E-state index contributed by atoms with van der Waals surface area (Å²) in [7, 11) is 0. The van der Waals surface area contributed by atoms with Crippen LogP contribution in [0.15, 0.2) is 24.3 Å². The number of hydrogen-bond donors (Lipinski definition) is 0. The first-order valence-corrected chi connectivity index (χ1v) is 7.62. The quantitative estimate of drug-likeness (QED) is 0.457. The number of piperazine rings is 1. The average molecular weight is 374 g/mol. The first-order chi connectivity index (χ1) is 12.3. The molecule has 1 amide bonds. The molecule has 0 radical (unpaired) electrons. The van der Waals surface area contributed by atoms with Crippen molar-refractivity contribution in [1.29, 1.82) is 0 Å². The van der Waals surface area contributed by atoms with Crippen molar-refractivity contribution >= 4 is 11.6 Å². The summed E-state index contributed by atoms with van der Waals surface area (Å²) in [6, 6.07) is 5.61. The predicted octanol–water partition coefficient (Wildman–Crippen LogP) is 3.48. The number of rotatable bonds is 2. The first-order valence-electron chi connectivity index (χ1n) is 7.62. The van der Waals surface area contributed by atoms with Gasteiger partial charge in [-0.25, -0.2) is 26.3 Å². The summed E-state index contributed by atoms with van der Waals surface area (Å²) in [5, 5.41) is 0. The zero-order valence-corrected chi connectivity index (χ0v) is 13.2. The van der Waals surface area contributed by atoms with Gasteiger partial charge in [-0.2, -0.15) is 0 Å². The summed E-state index contributed by atoms with van der Waals surface area (Å²) in [5.74, 6) is -12.6. The molecule has 138 valence electrons. The van der Waals surface area contributed by atoms with E-state index in [1.165, 1.54) is 24.3 Å². The highest BCUT2D eigenvalue weighted by atomic mass is 19.2. The van der Waals surface area contributed by atoms with Gasteiger partial charge in [-0.15, -0.1) is 0 Å². The summed E-state index contributed by atoms with van der Waals surface area (Å²) in [6.45, 7) is 0.533. The number of anilines is 1. The van der Waals surface area contributed by atoms with Gasteiger partial charge in [0.25, 0.3) is 5.91 Å². The van der Waals surface area contributed by atoms with Gasteiger partial charge < -0.3 is 9.80 Å². The van der Waals surface area contributed by atoms with Crippen molar-refractivity contribution in [3.63, 3.8) is 0 Å². The van der Waals surface area contributed by atoms with Crippen LogP contribution in [0.25, 0.3) is 0 Å². The molecule has 0 aliphatic carbocycles. The van der Waals surface area contributed by atoms with Gasteiger partial charge in [0.1, 0.15) is 11.4 Å². The van der Waals surface area contributed by atoms with Crippen molar-refractivity contribution in [3.05, 3.63) is 64.7 Å². The van der Waals surface area contributed by atoms with Crippen molar-refractivity contribution < 1.29 is 31.1 Å². The van der Waals surface area contributed by atoms with Gasteiger partial charge >= 0.3 is 0 Å². The summed E-state index contributed by atoms with van der Waals surface area (Å²) in [5.41, 5.74) is -0.772. The molecule has 3 rings (SSSR count). The van der Waals surface area contributed by atoms with Crippen molar-refractivity contribution in [2.24, 2.45) is 0 Å². The molecule has 2 aromatic rings. The minimum absolute atomic E-state index is 0.00963. The molecule has 1 aliphatic heterocycles. The van der Waals surface area contributed by atoms with E-state index < -0.39 is 46.4 Å². The minimum atomic E-state index is -2.31. The summed E-state index contributed by atoms with van der Waals surface area (Å²) >= 11 is 0. The Morgan fingerprint density at radius 2 is 1.15 bits per heavy atom. The number of amides is 1. The molecule has 0 unspecified atom stereocenters. The largest absolute Gasteiger partial charge is 0.368 e. The second kappa shape index (κ2) is 6.89. The lowest BCUT2D eigenvalue weighted by atomic mass is 10.1. The van der Waals surface area contributed by atoms with Crippen LogP contribution in [-0.2, 0) is 0 Å². The lowest BCUT2D eigenvalue weighted by Crippen LogP contribution is -2.49. The number of carbonyl (C=O) groups excluding carboxylic acids is 1. The van der Waals surface area contributed by atoms with Crippen molar-refractivity contribution in [3.8, 4) is 0 Å². The van der Waals surface area contributed by atoms with Gasteiger partial charge in [0.05, 0.1) is 0 Å². The van der Waals surface area contributed by atoms with Crippen molar-refractivity contribution in [1.82, 2.24) is 4.90 Å². The SMILES string of the molecule is O=C(c1c(F)c(F)c(F)c(F)c1F)N1CCN(c2ccc(F)cc2)CC1. The molecule has 0 aromatic heterocycles. The maximum absolute atomic E-state index is 13.8. The van der Waals surface area contributed by atoms with E-state index in [4.69, 9.17) is 0 Å². The Hall–Kier alpha value is -2.71. The van der Waals surface area contributed by atoms with Crippen LogP contribution in [0.3, 0.4) is 0 Å². The highest BCUT2D eigenvalue weighted by Gasteiger charge is 2.33. The molecule has 26 heavy (non-hydrogen) atoms. The zero-order chi connectivity index (χ0) is 19.0. The van der Waals surface area contributed by atoms with Crippen LogP contribution >= 0.6 is 0 Å². The Kier molecular flexibility index (Phi) is 4.80. The van der Waals surface area contributed by atoms with Crippen molar-refractivity contribution in [2.75, 3.05) is 31.1 Å². The molecule has 0 saturated carbocycles. The Morgan fingerprint density at radius 3 is 1.65 bits per heavy atom. The lowest BCUT2D eigenvalue weighted by molar-refractivity contribution is 0.0733. The molecular weight excluding hydrogens is 362 g/mol. The van der Waals surface area contributed by atoms with Gasteiger partial charge in [-0.05, 0) is 24.3 Å². The fraction of sp³-hybridized carbons (Fsp3) is 0.235. The van der Waals surface area contributed by atoms with Crippen molar-refractivity contribution in [2.45, 2.75) is 0 Å². The van der Waals surface area contributed by atoms with E-state index in [0.717, 1.165) is 4.90 Å². The summed E-state index contributed by atoms with van der Waals surface area (Å²) in [4.78, 5) is 15.1. The van der Waals surface area contributed by atoms with Crippen LogP contribution in [0.2, 0.25) is 0 Å². The molecule has 0 bridgehead atoms. The smallest absolute Gasteiger partial charge is 0.260 e. The van der Waals surface area contributed by atoms with E-state index in [1.54, 1.807) is 0 Å². The molecule has 9 heteroatoms. The third-order valence-electron chi connectivity index (χ3n) is 4.18. The number of benzene rings is 2. The molecule has 1 aliphatic rings. The molecule has 1 fully saturated rings. The van der Waals surface area contributed by atoms with E-state index in [2.05, 4.69) is 0 Å². The lowest BCUT2D eigenvalue weighted by Gasteiger charge is -2.36. The van der Waals surface area contributed by atoms with Gasteiger partial charge in [0.15, 0.2) is 23.3 Å². The van der Waals surface area contributed by atoms with Crippen LogP contribution in [0.5, 0.6) is 0 Å². The van der Waals surface area contributed by atoms with E-state index in [-0.39, 0.29) is 26.2 Å². The normalized spacial score (nSPS) is 14.7. The summed E-state index contributed by atoms with van der Waals surface area (Å²) < 4.78 is 80.1. The minimum Gasteiger partial charge on any atom is -0.368 e. The van der Waals surface area contributed by atoms with Crippen LogP contribution < -0.4 is 4.90 Å². The van der Waals surface area contributed by atoms with E-state index in [9.17, 15) is 31.1 Å². The Bertz CT molecular complexity index is 818. The average Bonchev–Trinajstić information content (AvgIpc) is 2.65. The van der Waals surface area contributed by atoms with Gasteiger partial charge in [-0.1, -0.05) is 0 Å². The maximum atomic E-state index is 13.8. The third-order valence-corrected chi connectivity index (χ3v) is 4.18. The first kappa shape index (κ1) is 18.1. The Balaban J connectivity index is 1.78. The van der Waals surface area contributed by atoms with Gasteiger partial charge in [-0.3, -0.25) is 4.79 Å². The molecule has 0 N–H and O–H groups in total. The fourth-order valence-electron chi connectivity index (χ4n) is 2.77. The molecule has 1 saturated heterocycles. The standard InChI is InChI=1S/C17H12F6N2O/c18-9-1-3-10(4-2-9)24-5-7-25(8-6-24)17(26)11-12(19)14(21)16(23)15(22)13(11)20/h1-4H,5-8H2. The second-order valence-electron chi connectivity index (χ2n) is 5.70. The van der Waals surface area contributed by atoms with Crippen LogP contribution in [0.4, 0.5) is 32.0 Å². The number of hydrogen-bond acceptors (Lipinski definition) is 2. The van der Waals surface area contributed by atoms with E-state index in [0.29, 0.717) is 5.69 Å². The van der Waals surface area contributed by atoms with Crippen LogP contribution in [0, 0.1) is 34.9 Å². The molecule has 1 heterocycles.